The van der Waals surface area contributed by atoms with Gasteiger partial charge < -0.3 is 35.4 Å². The lowest BCUT2D eigenvalue weighted by Crippen LogP contribution is -2.60. The molecule has 0 aromatic heterocycles. The third-order valence-electron chi connectivity index (χ3n) is 9.45. The summed E-state index contributed by atoms with van der Waals surface area (Å²) in [4.78, 5) is 98.1. The molecule has 0 bridgehead atoms. The van der Waals surface area contributed by atoms with Gasteiger partial charge in [0.1, 0.15) is 42.9 Å². The van der Waals surface area contributed by atoms with Crippen molar-refractivity contribution in [2.75, 3.05) is 26.7 Å². The molecule has 0 saturated carbocycles. The molecule has 6 atom stereocenters. The van der Waals surface area contributed by atoms with Gasteiger partial charge in [0.25, 0.3) is 0 Å². The van der Waals surface area contributed by atoms with Crippen LogP contribution in [0.3, 0.4) is 0 Å². The Hall–Kier alpha value is -4.89. The molecule has 1 aromatic carbocycles. The molecule has 3 heterocycles. The number of amides is 6. The fourth-order valence-corrected chi connectivity index (χ4v) is 6.41. The van der Waals surface area contributed by atoms with Crippen LogP contribution in [0.2, 0.25) is 0 Å². The van der Waals surface area contributed by atoms with Gasteiger partial charge in [-0.05, 0) is 69.7 Å². The first-order valence-electron chi connectivity index (χ1n) is 17.3. The number of fused-ring (bicyclic) bond motifs is 2. The number of hydrogen-bond donors (Lipinski definition) is 3. The summed E-state index contributed by atoms with van der Waals surface area (Å²) in [5.74, 6) is -7.04. The molecule has 51 heavy (non-hydrogen) atoms. The lowest BCUT2D eigenvalue weighted by atomic mass is 10.0. The average molecular weight is 717 g/mol. The number of nitrogens with zero attached hydrogens (tertiary/aromatic N) is 3. The van der Waals surface area contributed by atoms with Crippen molar-refractivity contribution in [3.05, 3.63) is 47.5 Å². The van der Waals surface area contributed by atoms with Gasteiger partial charge in [-0.15, -0.1) is 0 Å². The molecule has 3 saturated heterocycles. The van der Waals surface area contributed by atoms with Gasteiger partial charge in [-0.25, -0.2) is 13.6 Å². The Balaban J connectivity index is 1.66. The average Bonchev–Trinajstić information content (AvgIpc) is 3.80. The monoisotopic (exact) mass is 716 g/mol. The van der Waals surface area contributed by atoms with Gasteiger partial charge in [0, 0.05) is 26.6 Å². The number of cyclic esters (lactones) is 1. The zero-order valence-electron chi connectivity index (χ0n) is 29.3. The van der Waals surface area contributed by atoms with E-state index in [-0.39, 0.29) is 37.9 Å². The van der Waals surface area contributed by atoms with Gasteiger partial charge >= 0.3 is 5.97 Å². The number of allylic oxidation sites excluding steroid dienone is 1. The summed E-state index contributed by atoms with van der Waals surface area (Å²) in [7, 11) is 1.42. The number of carbonyl (C=O) groups is 7. The molecule has 3 aliphatic rings. The third-order valence-corrected chi connectivity index (χ3v) is 9.45. The molecule has 4 rings (SSSR count). The molecule has 0 radical (unpaired) electrons. The quantitative estimate of drug-likeness (QED) is 0.261. The molecule has 3 N–H and O–H groups in total. The van der Waals surface area contributed by atoms with Crippen LogP contribution in [0.15, 0.2) is 30.4 Å². The molecular weight excluding hydrogens is 670 g/mol. The number of rotatable bonds is 8. The van der Waals surface area contributed by atoms with Crippen LogP contribution in [-0.2, 0) is 44.7 Å². The van der Waals surface area contributed by atoms with E-state index in [1.54, 1.807) is 6.08 Å². The van der Waals surface area contributed by atoms with Crippen LogP contribution >= 0.6 is 0 Å². The normalized spacial score (nSPS) is 25.7. The van der Waals surface area contributed by atoms with Crippen molar-refractivity contribution in [1.29, 1.82) is 0 Å². The fraction of sp³-hybridized carbons (Fsp3) is 0.571. The summed E-state index contributed by atoms with van der Waals surface area (Å²) in [6.45, 7) is 4.57. The highest BCUT2D eigenvalue weighted by Crippen LogP contribution is 2.23. The number of likely N-dealkylation sites (N-methyl/N-ethyl adjacent to an activating group) is 1. The highest BCUT2D eigenvalue weighted by atomic mass is 19.2. The summed E-state index contributed by atoms with van der Waals surface area (Å²) in [5.41, 5.74) is 0.175. The van der Waals surface area contributed by atoms with Crippen molar-refractivity contribution in [3.63, 3.8) is 0 Å². The zero-order chi connectivity index (χ0) is 37.4. The minimum absolute atomic E-state index is 0.128. The molecule has 0 aliphatic carbocycles. The molecule has 278 valence electrons. The van der Waals surface area contributed by atoms with Gasteiger partial charge in [0.2, 0.25) is 35.4 Å². The van der Waals surface area contributed by atoms with E-state index in [1.807, 2.05) is 6.92 Å². The Morgan fingerprint density at radius 2 is 1.65 bits per heavy atom. The first-order chi connectivity index (χ1) is 24.2. The lowest BCUT2D eigenvalue weighted by molar-refractivity contribution is -0.158. The molecule has 0 spiro atoms. The number of ether oxygens (including phenoxy) is 1. The Labute approximate surface area is 295 Å². The van der Waals surface area contributed by atoms with Crippen molar-refractivity contribution in [3.8, 4) is 0 Å². The maximum absolute atomic E-state index is 14.2. The molecule has 3 aliphatic heterocycles. The zero-order valence-corrected chi connectivity index (χ0v) is 29.3. The van der Waals surface area contributed by atoms with Crippen molar-refractivity contribution >= 4 is 41.4 Å². The Kier molecular flexibility index (Phi) is 13.2. The largest absolute Gasteiger partial charge is 0.461 e. The smallest absolute Gasteiger partial charge is 0.328 e. The predicted octanol–water partition coefficient (Wildman–Crippen LogP) is 0.724. The highest BCUT2D eigenvalue weighted by Gasteiger charge is 2.43. The van der Waals surface area contributed by atoms with Crippen molar-refractivity contribution in [2.24, 2.45) is 0 Å². The van der Waals surface area contributed by atoms with Crippen LogP contribution in [0.25, 0.3) is 0 Å². The van der Waals surface area contributed by atoms with E-state index in [2.05, 4.69) is 16.0 Å². The van der Waals surface area contributed by atoms with Crippen LogP contribution in [0.5, 0.6) is 0 Å². The molecular formula is C35H46F2N6O8. The number of hydrogen-bond acceptors (Lipinski definition) is 8. The van der Waals surface area contributed by atoms with Crippen LogP contribution in [0.1, 0.15) is 64.9 Å². The third kappa shape index (κ3) is 9.47. The van der Waals surface area contributed by atoms with Gasteiger partial charge in [0.15, 0.2) is 11.6 Å². The molecule has 3 fully saturated rings. The van der Waals surface area contributed by atoms with E-state index in [0.29, 0.717) is 19.3 Å². The second kappa shape index (κ2) is 17.4. The highest BCUT2D eigenvalue weighted by molar-refractivity contribution is 5.98. The lowest BCUT2D eigenvalue weighted by Gasteiger charge is -2.34. The molecule has 16 heteroatoms. The molecule has 1 aromatic rings. The molecule has 0 unspecified atom stereocenters. The topological polar surface area (TPSA) is 175 Å². The second-order valence-electron chi connectivity index (χ2n) is 13.1. The summed E-state index contributed by atoms with van der Waals surface area (Å²) < 4.78 is 33.3. The number of unbranched alkanes of at least 4 members (excludes halogenated alkanes) is 1. The number of esters is 1. The summed E-state index contributed by atoms with van der Waals surface area (Å²) in [6, 6.07) is -3.94. The Bertz CT molecular complexity index is 1560. The minimum Gasteiger partial charge on any atom is -0.461 e. The summed E-state index contributed by atoms with van der Waals surface area (Å²) in [6.07, 6.45) is 5.35. The molecule has 6 amide bonds. The SMILES string of the molecule is CCCC=CC(=O)N[C@@H](Cc1ccc(F)c(F)c1)C(=O)N[C@H]1COC(=O)[C@@H]2CCCN2C(=O)[C@H](C)NC(=O)[C@H](C)N(C)C(=O)[C@@H]2CCCN2C1=O. The first-order valence-corrected chi connectivity index (χ1v) is 17.3. The fourth-order valence-electron chi connectivity index (χ4n) is 6.41. The summed E-state index contributed by atoms with van der Waals surface area (Å²) in [5, 5.41) is 7.72. The first kappa shape index (κ1) is 38.9. The van der Waals surface area contributed by atoms with Gasteiger partial charge in [-0.3, -0.25) is 28.8 Å². The van der Waals surface area contributed by atoms with Gasteiger partial charge in [-0.2, -0.15) is 0 Å². The number of carbonyl (C=O) groups excluding carboxylic acids is 7. The van der Waals surface area contributed by atoms with E-state index in [0.717, 1.165) is 18.6 Å². The van der Waals surface area contributed by atoms with E-state index >= 15 is 0 Å². The molecule has 14 nitrogen and oxygen atoms in total. The van der Waals surface area contributed by atoms with Gasteiger partial charge in [0.05, 0.1) is 0 Å². The Morgan fingerprint density at radius 3 is 2.31 bits per heavy atom. The van der Waals surface area contributed by atoms with Crippen molar-refractivity contribution < 1.29 is 47.1 Å². The number of benzene rings is 1. The van der Waals surface area contributed by atoms with E-state index in [9.17, 15) is 42.3 Å². The van der Waals surface area contributed by atoms with Crippen molar-refractivity contribution in [1.82, 2.24) is 30.7 Å². The number of halogens is 2. The van der Waals surface area contributed by atoms with Crippen LogP contribution in [-0.4, -0.2) is 119 Å². The van der Waals surface area contributed by atoms with Crippen LogP contribution in [0, 0.1) is 11.6 Å². The summed E-state index contributed by atoms with van der Waals surface area (Å²) >= 11 is 0. The second-order valence-corrected chi connectivity index (χ2v) is 13.1. The standard InChI is InChI=1S/C35H46F2N6O8/c1-5-6-7-12-29(44)39-25(18-22-13-14-23(36)24(37)17-22)31(46)40-26-19-51-35(50)28-11-9-16-43(28)32(47)20(2)38-30(45)21(3)41(4)34(49)27-10-8-15-42(27)33(26)48/h7,12-14,17,20-21,25-28H,5-6,8-11,15-16,18-19H2,1-4H3,(H,38,45)(H,39,44)(H,40,46)/t20-,21-,25-,26-,27-,28-/m0/s1. The van der Waals surface area contributed by atoms with Crippen LogP contribution < -0.4 is 16.0 Å². The van der Waals surface area contributed by atoms with Crippen LogP contribution in [0.4, 0.5) is 8.78 Å². The van der Waals surface area contributed by atoms with E-state index in [4.69, 9.17) is 4.74 Å². The Morgan fingerprint density at radius 1 is 0.980 bits per heavy atom. The maximum Gasteiger partial charge on any atom is 0.328 e. The van der Waals surface area contributed by atoms with Gasteiger partial charge in [-0.1, -0.05) is 25.5 Å². The predicted molar refractivity (Wildman–Crippen MR) is 178 cm³/mol. The minimum atomic E-state index is -1.54. The van der Waals surface area contributed by atoms with E-state index < -0.39 is 95.9 Å². The maximum atomic E-state index is 14.2. The number of nitrogens with one attached hydrogen (secondary N) is 3. The van der Waals surface area contributed by atoms with Crippen molar-refractivity contribution in [2.45, 2.75) is 102 Å². The van der Waals surface area contributed by atoms with E-state index in [1.165, 1.54) is 47.7 Å².